The highest BCUT2D eigenvalue weighted by molar-refractivity contribution is 5.96. The van der Waals surface area contributed by atoms with Gasteiger partial charge in [0.1, 0.15) is 0 Å². The summed E-state index contributed by atoms with van der Waals surface area (Å²) in [5.74, 6) is 0.190. The van der Waals surface area contributed by atoms with Gasteiger partial charge in [0.25, 0.3) is 0 Å². The highest BCUT2D eigenvalue weighted by atomic mass is 16.1. The maximum atomic E-state index is 11.9. The minimum atomic E-state index is 0.190. The fourth-order valence-electron chi connectivity index (χ4n) is 1.94. The number of rotatable bonds is 8. The Morgan fingerprint density at radius 3 is 2.28 bits per heavy atom. The molecule has 0 unspecified atom stereocenters. The molecule has 2 nitrogen and oxygen atoms in total. The van der Waals surface area contributed by atoms with Crippen LogP contribution in [0.5, 0.6) is 0 Å². The number of unbranched alkanes of at least 4 members (excludes halogenated alkanes) is 5. The zero-order valence-corrected chi connectivity index (χ0v) is 11.1. The third kappa shape index (κ3) is 5.14. The number of Topliss-reactive ketones (excluding diaryl/α,β-unsaturated/α-hetero) is 1. The summed E-state index contributed by atoms with van der Waals surface area (Å²) in [5, 5.41) is 8.68. The van der Waals surface area contributed by atoms with Gasteiger partial charge in [0.05, 0.1) is 11.6 Å². The van der Waals surface area contributed by atoms with Gasteiger partial charge in [0.15, 0.2) is 5.78 Å². The van der Waals surface area contributed by atoms with Crippen molar-refractivity contribution in [3.63, 3.8) is 0 Å². The highest BCUT2D eigenvalue weighted by Gasteiger charge is 2.05. The molecule has 1 aromatic rings. The second-order valence-corrected chi connectivity index (χ2v) is 4.63. The van der Waals surface area contributed by atoms with Crippen LogP contribution >= 0.6 is 0 Å². The first kappa shape index (κ1) is 14.4. The average molecular weight is 243 g/mol. The van der Waals surface area contributed by atoms with Gasteiger partial charge in [-0.3, -0.25) is 4.79 Å². The molecule has 18 heavy (non-hydrogen) atoms. The molecule has 0 aliphatic heterocycles. The number of ketones is 1. The number of carbonyl (C=O) groups is 1. The van der Waals surface area contributed by atoms with Crippen LogP contribution in [0.3, 0.4) is 0 Å². The van der Waals surface area contributed by atoms with E-state index in [0.717, 1.165) is 18.4 Å². The number of nitrogens with zero attached hydrogens (tertiary/aromatic N) is 1. The first-order valence-electron chi connectivity index (χ1n) is 6.81. The maximum absolute atomic E-state index is 11.9. The van der Waals surface area contributed by atoms with Crippen molar-refractivity contribution in [3.8, 4) is 6.07 Å². The Hall–Kier alpha value is -1.62. The molecule has 0 spiro atoms. The van der Waals surface area contributed by atoms with Crippen LogP contribution in [0.2, 0.25) is 0 Å². The van der Waals surface area contributed by atoms with E-state index < -0.39 is 0 Å². The zero-order chi connectivity index (χ0) is 13.2. The summed E-state index contributed by atoms with van der Waals surface area (Å²) in [6, 6.07) is 8.96. The Morgan fingerprint density at radius 1 is 1.06 bits per heavy atom. The monoisotopic (exact) mass is 243 g/mol. The van der Waals surface area contributed by atoms with E-state index in [1.165, 1.54) is 25.7 Å². The van der Waals surface area contributed by atoms with E-state index in [2.05, 4.69) is 13.0 Å². The molecule has 0 atom stereocenters. The van der Waals surface area contributed by atoms with Crippen molar-refractivity contribution >= 4 is 5.78 Å². The smallest absolute Gasteiger partial charge is 0.162 e. The number of hydrogen-bond acceptors (Lipinski definition) is 2. The molecule has 0 aromatic heterocycles. The number of nitriles is 1. The molecule has 1 rings (SSSR count). The number of hydrogen-bond donors (Lipinski definition) is 0. The molecule has 0 saturated heterocycles. The van der Waals surface area contributed by atoms with Crippen molar-refractivity contribution in [1.29, 1.82) is 5.26 Å². The SMILES string of the molecule is CCCCCCCCC(=O)c1ccc(C#N)cc1. The number of benzene rings is 1. The van der Waals surface area contributed by atoms with Crippen LogP contribution in [0, 0.1) is 11.3 Å². The molecule has 0 heterocycles. The van der Waals surface area contributed by atoms with Crippen molar-refractivity contribution < 1.29 is 4.79 Å². The van der Waals surface area contributed by atoms with E-state index in [1.54, 1.807) is 24.3 Å². The summed E-state index contributed by atoms with van der Waals surface area (Å²) in [6.45, 7) is 2.20. The third-order valence-corrected chi connectivity index (χ3v) is 3.09. The number of carbonyl (C=O) groups excluding carboxylic acids is 1. The molecule has 1 aromatic carbocycles. The van der Waals surface area contributed by atoms with E-state index in [-0.39, 0.29) is 5.78 Å². The van der Waals surface area contributed by atoms with Crippen LogP contribution in [0.1, 0.15) is 67.8 Å². The summed E-state index contributed by atoms with van der Waals surface area (Å²) in [4.78, 5) is 11.9. The molecule has 0 fully saturated rings. The average Bonchev–Trinajstić information content (AvgIpc) is 2.42. The van der Waals surface area contributed by atoms with Crippen LogP contribution in [-0.2, 0) is 0 Å². The molecule has 0 N–H and O–H groups in total. The summed E-state index contributed by atoms with van der Waals surface area (Å²) in [5.41, 5.74) is 1.33. The van der Waals surface area contributed by atoms with Gasteiger partial charge >= 0.3 is 0 Å². The Morgan fingerprint density at radius 2 is 1.67 bits per heavy atom. The molecule has 0 bridgehead atoms. The van der Waals surface area contributed by atoms with Crippen LogP contribution in [0.4, 0.5) is 0 Å². The van der Waals surface area contributed by atoms with Crippen LogP contribution in [0.15, 0.2) is 24.3 Å². The van der Waals surface area contributed by atoms with Crippen molar-refractivity contribution in [2.24, 2.45) is 0 Å². The lowest BCUT2D eigenvalue weighted by Gasteiger charge is -2.02. The lowest BCUT2D eigenvalue weighted by atomic mass is 10.0. The van der Waals surface area contributed by atoms with E-state index in [9.17, 15) is 4.79 Å². The second-order valence-electron chi connectivity index (χ2n) is 4.63. The van der Waals surface area contributed by atoms with E-state index >= 15 is 0 Å². The zero-order valence-electron chi connectivity index (χ0n) is 11.1. The predicted octanol–water partition coefficient (Wildman–Crippen LogP) is 4.49. The molecule has 2 heteroatoms. The van der Waals surface area contributed by atoms with Crippen molar-refractivity contribution in [1.82, 2.24) is 0 Å². The van der Waals surface area contributed by atoms with Gasteiger partial charge < -0.3 is 0 Å². The van der Waals surface area contributed by atoms with Crippen molar-refractivity contribution in [2.45, 2.75) is 51.9 Å². The summed E-state index contributed by atoms with van der Waals surface area (Å²) < 4.78 is 0. The van der Waals surface area contributed by atoms with E-state index in [4.69, 9.17) is 5.26 Å². The molecule has 96 valence electrons. The standard InChI is InChI=1S/C16H21NO/c1-2-3-4-5-6-7-8-16(18)15-11-9-14(13-17)10-12-15/h9-12H,2-8H2,1H3. The van der Waals surface area contributed by atoms with Crippen molar-refractivity contribution in [3.05, 3.63) is 35.4 Å². The van der Waals surface area contributed by atoms with Gasteiger partial charge in [0, 0.05) is 12.0 Å². The topological polar surface area (TPSA) is 40.9 Å². The first-order chi connectivity index (χ1) is 8.77. The van der Waals surface area contributed by atoms with E-state index in [0.29, 0.717) is 12.0 Å². The Bertz CT molecular complexity index is 400. The largest absolute Gasteiger partial charge is 0.294 e. The molecular weight excluding hydrogens is 222 g/mol. The minimum absolute atomic E-state index is 0.190. The lowest BCUT2D eigenvalue weighted by Crippen LogP contribution is -1.98. The maximum Gasteiger partial charge on any atom is 0.162 e. The molecule has 0 amide bonds. The highest BCUT2D eigenvalue weighted by Crippen LogP contribution is 2.11. The normalized spacial score (nSPS) is 10.0. The van der Waals surface area contributed by atoms with Gasteiger partial charge in [-0.15, -0.1) is 0 Å². The van der Waals surface area contributed by atoms with Gasteiger partial charge in [-0.25, -0.2) is 0 Å². The predicted molar refractivity (Wildman–Crippen MR) is 73.5 cm³/mol. The van der Waals surface area contributed by atoms with E-state index in [1.807, 2.05) is 0 Å². The Balaban J connectivity index is 2.26. The second kappa shape index (κ2) is 8.47. The molecule has 0 radical (unpaired) electrons. The van der Waals surface area contributed by atoms with Crippen LogP contribution < -0.4 is 0 Å². The quantitative estimate of drug-likeness (QED) is 0.498. The summed E-state index contributed by atoms with van der Waals surface area (Å²) >= 11 is 0. The Labute approximate surface area is 110 Å². The van der Waals surface area contributed by atoms with Gasteiger partial charge in [0.2, 0.25) is 0 Å². The van der Waals surface area contributed by atoms with Crippen molar-refractivity contribution in [2.75, 3.05) is 0 Å². The summed E-state index contributed by atoms with van der Waals surface area (Å²) in [6.07, 6.45) is 7.80. The lowest BCUT2D eigenvalue weighted by molar-refractivity contribution is 0.0979. The Kier molecular flexibility index (Phi) is 6.79. The summed E-state index contributed by atoms with van der Waals surface area (Å²) in [7, 11) is 0. The van der Waals surface area contributed by atoms with Gasteiger partial charge in [-0.1, -0.05) is 51.2 Å². The molecule has 0 saturated carbocycles. The van der Waals surface area contributed by atoms with Gasteiger partial charge in [-0.05, 0) is 18.6 Å². The third-order valence-electron chi connectivity index (χ3n) is 3.09. The van der Waals surface area contributed by atoms with Crippen LogP contribution in [-0.4, -0.2) is 5.78 Å². The minimum Gasteiger partial charge on any atom is -0.294 e. The fourth-order valence-corrected chi connectivity index (χ4v) is 1.94. The van der Waals surface area contributed by atoms with Gasteiger partial charge in [-0.2, -0.15) is 5.26 Å². The molecule has 0 aliphatic rings. The fraction of sp³-hybridized carbons (Fsp3) is 0.500. The molecular formula is C16H21NO. The molecule has 0 aliphatic carbocycles. The van der Waals surface area contributed by atoms with Crippen LogP contribution in [0.25, 0.3) is 0 Å². The first-order valence-corrected chi connectivity index (χ1v) is 6.81.